The number of fused-ring (bicyclic) bond motifs is 4. The third-order valence-corrected chi connectivity index (χ3v) is 6.49. The van der Waals surface area contributed by atoms with Crippen LogP contribution in [-0.2, 0) is 19.4 Å². The lowest BCUT2D eigenvalue weighted by Gasteiger charge is -2.49. The first-order chi connectivity index (χ1) is 14.0. The third-order valence-electron chi connectivity index (χ3n) is 6.49. The summed E-state index contributed by atoms with van der Waals surface area (Å²) in [4.78, 5) is 0. The van der Waals surface area contributed by atoms with Crippen molar-refractivity contribution >= 4 is 0 Å². The molecule has 0 fully saturated rings. The van der Waals surface area contributed by atoms with Crippen molar-refractivity contribution < 1.29 is 47.4 Å². The molecule has 6 heteroatoms. The molecule has 0 aromatic heterocycles. The molecule has 2 aromatic carbocycles. The van der Waals surface area contributed by atoms with E-state index in [0.29, 0.717) is 19.3 Å². The van der Waals surface area contributed by atoms with E-state index >= 15 is 0 Å². The lowest BCUT2D eigenvalue weighted by atomic mass is 9.81. The number of likely N-dealkylation sites (N-methyl/N-ethyl adjacent to an activating group) is 1. The van der Waals surface area contributed by atoms with Crippen LogP contribution in [-0.4, -0.2) is 45.5 Å². The van der Waals surface area contributed by atoms with Crippen LogP contribution in [0.25, 0.3) is 0 Å². The standard InChI is InChI=1S/C24H32NO4.HI/c1-6-28-23-14-18-17(13-22(23)27-5)10-11-25(3)15-19-16(12-20(18)25)8-9-21(26-4)24(19)29-7-2;/h8-9,13-14,20H,6-7,10-12,15H2,1-5H3;1H/q+1;/p-1. The number of ether oxygens (including phenoxy) is 4. The predicted octanol–water partition coefficient (Wildman–Crippen LogP) is 1.31. The quantitative estimate of drug-likeness (QED) is 0.421. The summed E-state index contributed by atoms with van der Waals surface area (Å²) in [5.74, 6) is 3.43. The topological polar surface area (TPSA) is 36.9 Å². The van der Waals surface area contributed by atoms with Gasteiger partial charge in [-0.05, 0) is 43.2 Å². The molecule has 164 valence electrons. The normalized spacial score (nSPS) is 21.4. The minimum Gasteiger partial charge on any atom is -1.00 e. The molecule has 0 aliphatic carbocycles. The molecule has 2 aliphatic rings. The Morgan fingerprint density at radius 1 is 0.933 bits per heavy atom. The SMILES string of the molecule is CCOc1cc2c(cc1OC)CC[N+]1(C)Cc3c(ccc(OC)c3OCC)CC21.[I-]. The molecular weight excluding hydrogens is 493 g/mol. The smallest absolute Gasteiger partial charge is 0.170 e. The highest BCUT2D eigenvalue weighted by Crippen LogP contribution is 2.49. The zero-order valence-corrected chi connectivity index (χ0v) is 20.7. The zero-order valence-electron chi connectivity index (χ0n) is 18.6. The molecule has 0 saturated heterocycles. The second-order valence-corrected chi connectivity index (χ2v) is 8.13. The van der Waals surface area contributed by atoms with Gasteiger partial charge in [0.1, 0.15) is 12.6 Å². The number of benzene rings is 2. The van der Waals surface area contributed by atoms with Gasteiger partial charge in [-0.25, -0.2) is 0 Å². The van der Waals surface area contributed by atoms with E-state index < -0.39 is 0 Å². The number of hydrogen-bond donors (Lipinski definition) is 0. The molecule has 0 bridgehead atoms. The Kier molecular flexibility index (Phi) is 7.07. The van der Waals surface area contributed by atoms with Gasteiger partial charge < -0.3 is 47.4 Å². The Bertz CT molecular complexity index is 917. The summed E-state index contributed by atoms with van der Waals surface area (Å²) in [6.07, 6.45) is 2.02. The van der Waals surface area contributed by atoms with E-state index in [1.807, 2.05) is 19.9 Å². The van der Waals surface area contributed by atoms with Gasteiger partial charge in [-0.1, -0.05) is 6.07 Å². The van der Waals surface area contributed by atoms with Crippen LogP contribution in [0.2, 0.25) is 0 Å². The molecule has 5 nitrogen and oxygen atoms in total. The number of methoxy groups -OCH3 is 2. The monoisotopic (exact) mass is 525 g/mol. The summed E-state index contributed by atoms with van der Waals surface area (Å²) in [6.45, 7) is 7.35. The van der Waals surface area contributed by atoms with Crippen molar-refractivity contribution in [2.75, 3.05) is 41.0 Å². The van der Waals surface area contributed by atoms with Crippen LogP contribution >= 0.6 is 0 Å². The molecule has 0 N–H and O–H groups in total. The molecule has 2 unspecified atom stereocenters. The van der Waals surface area contributed by atoms with Crippen molar-refractivity contribution in [1.82, 2.24) is 0 Å². The van der Waals surface area contributed by atoms with Crippen LogP contribution in [0, 0.1) is 0 Å². The van der Waals surface area contributed by atoms with Gasteiger partial charge in [0.25, 0.3) is 0 Å². The number of hydrogen-bond acceptors (Lipinski definition) is 4. The van der Waals surface area contributed by atoms with Crippen molar-refractivity contribution in [3.05, 3.63) is 46.5 Å². The van der Waals surface area contributed by atoms with Crippen LogP contribution in [0.3, 0.4) is 0 Å². The van der Waals surface area contributed by atoms with E-state index in [2.05, 4.69) is 25.2 Å². The lowest BCUT2D eigenvalue weighted by molar-refractivity contribution is -0.956. The second-order valence-electron chi connectivity index (χ2n) is 8.13. The maximum absolute atomic E-state index is 6.03. The van der Waals surface area contributed by atoms with Gasteiger partial charge >= 0.3 is 0 Å². The Morgan fingerprint density at radius 3 is 2.33 bits per heavy atom. The van der Waals surface area contributed by atoms with Gasteiger partial charge in [0.2, 0.25) is 0 Å². The minimum atomic E-state index is 0. The first-order valence-electron chi connectivity index (χ1n) is 10.5. The zero-order chi connectivity index (χ0) is 20.6. The molecule has 0 amide bonds. The Balaban J connectivity index is 0.00000256. The Morgan fingerprint density at radius 2 is 1.67 bits per heavy atom. The highest BCUT2D eigenvalue weighted by molar-refractivity contribution is 5.53. The highest BCUT2D eigenvalue weighted by Gasteiger charge is 2.44. The minimum absolute atomic E-state index is 0. The summed E-state index contributed by atoms with van der Waals surface area (Å²) in [6, 6.07) is 9.05. The van der Waals surface area contributed by atoms with Gasteiger partial charge in [0.05, 0.1) is 46.6 Å². The molecule has 0 radical (unpaired) electrons. The molecule has 2 atom stereocenters. The van der Waals surface area contributed by atoms with E-state index in [-0.39, 0.29) is 24.0 Å². The van der Waals surface area contributed by atoms with E-state index in [1.165, 1.54) is 22.3 Å². The van der Waals surface area contributed by atoms with Gasteiger partial charge in [-0.2, -0.15) is 0 Å². The van der Waals surface area contributed by atoms with Crippen molar-refractivity contribution in [1.29, 1.82) is 0 Å². The first kappa shape index (κ1) is 23.0. The molecule has 2 heterocycles. The molecule has 0 spiro atoms. The average molecular weight is 525 g/mol. The molecule has 0 saturated carbocycles. The Hall–Kier alpha value is -1.67. The fourth-order valence-electron chi connectivity index (χ4n) is 5.00. The molecule has 30 heavy (non-hydrogen) atoms. The van der Waals surface area contributed by atoms with Crippen molar-refractivity contribution in [3.8, 4) is 23.0 Å². The maximum atomic E-state index is 6.03. The number of halogens is 1. The Labute approximate surface area is 196 Å². The summed E-state index contributed by atoms with van der Waals surface area (Å²) in [5, 5.41) is 0. The van der Waals surface area contributed by atoms with Gasteiger partial charge in [0.15, 0.2) is 23.0 Å². The summed E-state index contributed by atoms with van der Waals surface area (Å²) in [5.41, 5.74) is 5.43. The predicted molar refractivity (Wildman–Crippen MR) is 113 cm³/mol. The van der Waals surface area contributed by atoms with Crippen LogP contribution in [0.15, 0.2) is 24.3 Å². The fourth-order valence-corrected chi connectivity index (χ4v) is 5.00. The lowest BCUT2D eigenvalue weighted by Crippen LogP contribution is -3.00. The summed E-state index contributed by atoms with van der Waals surface area (Å²) < 4.78 is 24.1. The van der Waals surface area contributed by atoms with Crippen molar-refractivity contribution in [3.63, 3.8) is 0 Å². The molecular formula is C24H32INO4. The van der Waals surface area contributed by atoms with E-state index in [0.717, 1.165) is 53.4 Å². The molecule has 2 aliphatic heterocycles. The van der Waals surface area contributed by atoms with Crippen molar-refractivity contribution in [2.45, 2.75) is 39.3 Å². The average Bonchev–Trinajstić information content (AvgIpc) is 2.73. The van der Waals surface area contributed by atoms with E-state index in [4.69, 9.17) is 18.9 Å². The van der Waals surface area contributed by atoms with Crippen LogP contribution in [0.4, 0.5) is 0 Å². The molecule has 2 aromatic rings. The molecule has 4 rings (SSSR count). The number of rotatable bonds is 6. The van der Waals surface area contributed by atoms with E-state index in [9.17, 15) is 0 Å². The maximum Gasteiger partial charge on any atom is 0.170 e. The van der Waals surface area contributed by atoms with Crippen LogP contribution in [0.1, 0.15) is 42.1 Å². The second kappa shape index (κ2) is 9.22. The van der Waals surface area contributed by atoms with Gasteiger partial charge in [0, 0.05) is 18.4 Å². The van der Waals surface area contributed by atoms with E-state index in [1.54, 1.807) is 14.2 Å². The van der Waals surface area contributed by atoms with Crippen LogP contribution in [0.5, 0.6) is 23.0 Å². The third kappa shape index (κ3) is 3.84. The fraction of sp³-hybridized carbons (Fsp3) is 0.500. The summed E-state index contributed by atoms with van der Waals surface area (Å²) in [7, 11) is 5.80. The van der Waals surface area contributed by atoms with Crippen molar-refractivity contribution in [2.24, 2.45) is 0 Å². The van der Waals surface area contributed by atoms with Crippen LogP contribution < -0.4 is 42.9 Å². The number of nitrogens with zero attached hydrogens (tertiary/aromatic N) is 1. The van der Waals surface area contributed by atoms with Gasteiger partial charge in [-0.3, -0.25) is 0 Å². The number of quaternary nitrogens is 1. The van der Waals surface area contributed by atoms with Gasteiger partial charge in [-0.15, -0.1) is 0 Å². The summed E-state index contributed by atoms with van der Waals surface area (Å²) >= 11 is 0. The first-order valence-corrected chi connectivity index (χ1v) is 10.5. The highest BCUT2D eigenvalue weighted by atomic mass is 127. The largest absolute Gasteiger partial charge is 1.00 e.